The Labute approximate surface area is 83.3 Å². The van der Waals surface area contributed by atoms with Crippen LogP contribution in [0.15, 0.2) is 0 Å². The van der Waals surface area contributed by atoms with E-state index in [4.69, 9.17) is 0 Å². The van der Waals surface area contributed by atoms with Crippen molar-refractivity contribution in [1.82, 2.24) is 5.32 Å². The van der Waals surface area contributed by atoms with E-state index in [1.807, 2.05) is 0 Å². The van der Waals surface area contributed by atoms with E-state index in [0.29, 0.717) is 0 Å². The molecule has 0 aromatic rings. The van der Waals surface area contributed by atoms with Crippen LogP contribution in [0.3, 0.4) is 0 Å². The zero-order chi connectivity index (χ0) is 9.68. The summed E-state index contributed by atoms with van der Waals surface area (Å²) in [5, 5.41) is 3.61. The molecule has 1 fully saturated rings. The second kappa shape index (κ2) is 5.64. The van der Waals surface area contributed by atoms with Crippen molar-refractivity contribution in [2.45, 2.75) is 46.5 Å². The lowest BCUT2D eigenvalue weighted by molar-refractivity contribution is 0.402. The van der Waals surface area contributed by atoms with Gasteiger partial charge in [-0.2, -0.15) is 0 Å². The van der Waals surface area contributed by atoms with E-state index in [2.05, 4.69) is 26.1 Å². The van der Waals surface area contributed by atoms with Gasteiger partial charge in [-0.05, 0) is 43.7 Å². The Morgan fingerprint density at radius 1 is 1.15 bits per heavy atom. The maximum atomic E-state index is 3.61. The van der Waals surface area contributed by atoms with E-state index in [1.165, 1.54) is 38.8 Å². The van der Waals surface area contributed by atoms with Crippen molar-refractivity contribution in [3.05, 3.63) is 0 Å². The van der Waals surface area contributed by atoms with E-state index in [1.54, 1.807) is 0 Å². The molecule has 0 aromatic heterocycles. The molecule has 0 spiro atoms. The molecule has 13 heavy (non-hydrogen) atoms. The quantitative estimate of drug-likeness (QED) is 0.639. The Morgan fingerprint density at radius 2 is 1.77 bits per heavy atom. The van der Waals surface area contributed by atoms with Crippen LogP contribution in [0.2, 0.25) is 0 Å². The Hall–Kier alpha value is -0.0400. The molecule has 1 heteroatoms. The fourth-order valence-corrected chi connectivity index (χ4v) is 1.92. The summed E-state index contributed by atoms with van der Waals surface area (Å²) in [5.74, 6) is 2.86. The molecule has 0 saturated heterocycles. The second-order valence-electron chi connectivity index (χ2n) is 4.66. The van der Waals surface area contributed by atoms with Crippen molar-refractivity contribution in [2.24, 2.45) is 17.8 Å². The molecule has 0 bridgehead atoms. The van der Waals surface area contributed by atoms with Gasteiger partial charge < -0.3 is 5.32 Å². The molecule has 0 radical (unpaired) electrons. The van der Waals surface area contributed by atoms with Gasteiger partial charge in [0.1, 0.15) is 0 Å². The highest BCUT2D eigenvalue weighted by atomic mass is 14.9. The molecule has 0 amide bonds. The maximum Gasteiger partial charge on any atom is -0.00204 e. The summed E-state index contributed by atoms with van der Waals surface area (Å²) in [7, 11) is 0. The molecule has 0 heterocycles. The second-order valence-corrected chi connectivity index (χ2v) is 4.66. The molecule has 78 valence electrons. The maximum absolute atomic E-state index is 3.61. The van der Waals surface area contributed by atoms with Crippen molar-refractivity contribution in [3.8, 4) is 0 Å². The molecular formula is C12H25N. The monoisotopic (exact) mass is 183 g/mol. The van der Waals surface area contributed by atoms with Crippen LogP contribution in [0.5, 0.6) is 0 Å². The summed E-state index contributed by atoms with van der Waals surface area (Å²) in [6, 6.07) is 0. The lowest BCUT2D eigenvalue weighted by Crippen LogP contribution is -2.27. The molecule has 1 aliphatic rings. The van der Waals surface area contributed by atoms with Gasteiger partial charge in [-0.15, -0.1) is 0 Å². The summed E-state index contributed by atoms with van der Waals surface area (Å²) in [5.41, 5.74) is 0. The summed E-state index contributed by atoms with van der Waals surface area (Å²) < 4.78 is 0. The van der Waals surface area contributed by atoms with Crippen LogP contribution in [0, 0.1) is 17.8 Å². The van der Waals surface area contributed by atoms with Gasteiger partial charge in [-0.25, -0.2) is 0 Å². The number of nitrogens with one attached hydrogen (secondary N) is 1. The molecule has 0 aliphatic heterocycles. The number of rotatable bonds is 7. The normalized spacial score (nSPS) is 19.4. The van der Waals surface area contributed by atoms with Gasteiger partial charge in [-0.1, -0.05) is 33.6 Å². The minimum absolute atomic E-state index is 0.895. The smallest absolute Gasteiger partial charge is 0.00204 e. The third-order valence-electron chi connectivity index (χ3n) is 3.48. The van der Waals surface area contributed by atoms with Crippen LogP contribution in [-0.2, 0) is 0 Å². The van der Waals surface area contributed by atoms with Gasteiger partial charge in [0.2, 0.25) is 0 Å². The highest BCUT2D eigenvalue weighted by molar-refractivity contribution is 4.79. The number of hydrogen-bond acceptors (Lipinski definition) is 1. The van der Waals surface area contributed by atoms with E-state index >= 15 is 0 Å². The Morgan fingerprint density at radius 3 is 2.23 bits per heavy atom. The van der Waals surface area contributed by atoms with Crippen LogP contribution in [-0.4, -0.2) is 13.1 Å². The van der Waals surface area contributed by atoms with Crippen LogP contribution < -0.4 is 5.32 Å². The van der Waals surface area contributed by atoms with Crippen LogP contribution in [0.1, 0.15) is 46.5 Å². The SMILES string of the molecule is CCC(CC)CNCC(C)C1CC1. The van der Waals surface area contributed by atoms with Gasteiger partial charge in [-0.3, -0.25) is 0 Å². The molecular weight excluding hydrogens is 158 g/mol. The topological polar surface area (TPSA) is 12.0 Å². The average Bonchev–Trinajstić information content (AvgIpc) is 2.95. The highest BCUT2D eigenvalue weighted by Gasteiger charge is 2.27. The highest BCUT2D eigenvalue weighted by Crippen LogP contribution is 2.36. The summed E-state index contributed by atoms with van der Waals surface area (Å²) >= 11 is 0. The third-order valence-corrected chi connectivity index (χ3v) is 3.48. The predicted octanol–water partition coefficient (Wildman–Crippen LogP) is 3.06. The van der Waals surface area contributed by atoms with Gasteiger partial charge in [0.05, 0.1) is 0 Å². The zero-order valence-corrected chi connectivity index (χ0v) is 9.47. The van der Waals surface area contributed by atoms with Crippen LogP contribution in [0.4, 0.5) is 0 Å². The van der Waals surface area contributed by atoms with Gasteiger partial charge in [0.25, 0.3) is 0 Å². The lowest BCUT2D eigenvalue weighted by atomic mass is 10.0. The molecule has 1 saturated carbocycles. The van der Waals surface area contributed by atoms with Crippen molar-refractivity contribution in [1.29, 1.82) is 0 Å². The first-order valence-corrected chi connectivity index (χ1v) is 5.98. The van der Waals surface area contributed by atoms with Gasteiger partial charge >= 0.3 is 0 Å². The van der Waals surface area contributed by atoms with Crippen molar-refractivity contribution >= 4 is 0 Å². The van der Waals surface area contributed by atoms with E-state index < -0.39 is 0 Å². The number of hydrogen-bond donors (Lipinski definition) is 1. The first kappa shape index (κ1) is 11.0. The fourth-order valence-electron chi connectivity index (χ4n) is 1.92. The molecule has 1 rings (SSSR count). The van der Waals surface area contributed by atoms with Crippen molar-refractivity contribution in [3.63, 3.8) is 0 Å². The summed E-state index contributed by atoms with van der Waals surface area (Å²) in [6.07, 6.45) is 5.60. The van der Waals surface area contributed by atoms with Gasteiger partial charge in [0, 0.05) is 0 Å². The first-order chi connectivity index (χ1) is 6.27. The Kier molecular flexibility index (Phi) is 4.79. The summed E-state index contributed by atoms with van der Waals surface area (Å²) in [6.45, 7) is 9.43. The molecule has 1 unspecified atom stereocenters. The Bertz CT molecular complexity index is 123. The molecule has 0 aromatic carbocycles. The van der Waals surface area contributed by atoms with E-state index in [0.717, 1.165) is 17.8 Å². The average molecular weight is 183 g/mol. The molecule has 1 aliphatic carbocycles. The van der Waals surface area contributed by atoms with Gasteiger partial charge in [0.15, 0.2) is 0 Å². The third kappa shape index (κ3) is 4.12. The minimum Gasteiger partial charge on any atom is -0.316 e. The standard InChI is InChI=1S/C12H25N/c1-4-11(5-2)9-13-8-10(3)12-6-7-12/h10-13H,4-9H2,1-3H3. The lowest BCUT2D eigenvalue weighted by Gasteiger charge is -2.16. The molecule has 1 atom stereocenters. The first-order valence-electron chi connectivity index (χ1n) is 5.98. The van der Waals surface area contributed by atoms with Crippen molar-refractivity contribution in [2.75, 3.05) is 13.1 Å². The van der Waals surface area contributed by atoms with Crippen LogP contribution in [0.25, 0.3) is 0 Å². The predicted molar refractivity (Wildman–Crippen MR) is 58.8 cm³/mol. The van der Waals surface area contributed by atoms with Crippen molar-refractivity contribution < 1.29 is 0 Å². The van der Waals surface area contributed by atoms with E-state index in [9.17, 15) is 0 Å². The minimum atomic E-state index is 0.895. The summed E-state index contributed by atoms with van der Waals surface area (Å²) in [4.78, 5) is 0. The molecule has 1 N–H and O–H groups in total. The fraction of sp³-hybridized carbons (Fsp3) is 1.00. The Balaban J connectivity index is 1.98. The largest absolute Gasteiger partial charge is 0.316 e. The molecule has 1 nitrogen and oxygen atoms in total. The van der Waals surface area contributed by atoms with Crippen LogP contribution >= 0.6 is 0 Å². The zero-order valence-electron chi connectivity index (χ0n) is 9.47. The van der Waals surface area contributed by atoms with E-state index in [-0.39, 0.29) is 0 Å².